The second-order valence-electron chi connectivity index (χ2n) is 12.6. The van der Waals surface area contributed by atoms with Gasteiger partial charge in [-0.15, -0.1) is 0 Å². The van der Waals surface area contributed by atoms with Crippen molar-refractivity contribution < 1.29 is 23.4 Å². The van der Waals surface area contributed by atoms with Crippen molar-refractivity contribution in [3.8, 4) is 5.88 Å². The molecule has 50 heavy (non-hydrogen) atoms. The van der Waals surface area contributed by atoms with E-state index in [-0.39, 0.29) is 12.7 Å². The van der Waals surface area contributed by atoms with Gasteiger partial charge in [0.05, 0.1) is 46.8 Å². The number of halogens is 3. The molecule has 5 heterocycles. The molecule has 2 aliphatic rings. The largest absolute Gasteiger partial charge is 0.473 e. The highest BCUT2D eigenvalue weighted by Gasteiger charge is 2.24. The number of hydrogen-bond donors (Lipinski definition) is 3. The fourth-order valence-corrected chi connectivity index (χ4v) is 6.54. The number of nitrogens with one attached hydrogen (secondary N) is 2. The average Bonchev–Trinajstić information content (AvgIpc) is 3.64. The molecule has 2 aliphatic heterocycles. The summed E-state index contributed by atoms with van der Waals surface area (Å²) in [6.45, 7) is 3.73. The fraction of sp³-hybridized carbons (Fsp3) is 0.270. The van der Waals surface area contributed by atoms with Crippen LogP contribution in [0.4, 0.5) is 14.5 Å². The van der Waals surface area contributed by atoms with Gasteiger partial charge in [0.2, 0.25) is 11.8 Å². The van der Waals surface area contributed by atoms with Crippen molar-refractivity contribution in [1.82, 2.24) is 29.6 Å². The number of aliphatic hydroxyl groups is 1. The van der Waals surface area contributed by atoms with E-state index in [0.717, 1.165) is 60.7 Å². The molecule has 0 saturated carbocycles. The summed E-state index contributed by atoms with van der Waals surface area (Å²) in [5, 5.41) is 21.0. The molecule has 3 aromatic carbocycles. The standard InChI is InChI=1S/C37H34ClF2N7O3/c38-25-6-4-24(29(39)17-25)21-50-35-3-1-2-30(43-35)22-10-13-46(14-11-22)20-34-42-32-18-26(7-9-33(32)47(34)19-27-12-15-49-27)41-37(48)23-5-8-31-28(16-23)36(40)45-44-31/h1-10,16-18,27,37,41,48H,11-15,19-21H2,(H,44,45)/t27-,37?/m0/s1. The zero-order valence-electron chi connectivity index (χ0n) is 27.0. The van der Waals surface area contributed by atoms with Gasteiger partial charge in [-0.1, -0.05) is 35.9 Å². The summed E-state index contributed by atoms with van der Waals surface area (Å²) in [6.07, 6.45) is 3.08. The predicted molar refractivity (Wildman–Crippen MR) is 187 cm³/mol. The van der Waals surface area contributed by atoms with E-state index in [9.17, 15) is 13.9 Å². The highest BCUT2D eigenvalue weighted by Crippen LogP contribution is 2.29. The summed E-state index contributed by atoms with van der Waals surface area (Å²) in [7, 11) is 0. The molecular weight excluding hydrogens is 664 g/mol. The Hall–Kier alpha value is -4.88. The molecule has 0 bridgehead atoms. The first-order valence-electron chi connectivity index (χ1n) is 16.5. The van der Waals surface area contributed by atoms with Crippen LogP contribution in [-0.4, -0.2) is 60.5 Å². The lowest BCUT2D eigenvalue weighted by atomic mass is 10.0. The van der Waals surface area contributed by atoms with Crippen LogP contribution in [0.25, 0.3) is 27.5 Å². The Morgan fingerprint density at radius 3 is 2.76 bits per heavy atom. The third kappa shape index (κ3) is 6.79. The van der Waals surface area contributed by atoms with Crippen LogP contribution in [-0.2, 0) is 24.4 Å². The van der Waals surface area contributed by atoms with Crippen molar-refractivity contribution in [1.29, 1.82) is 0 Å². The minimum atomic E-state index is -1.06. The number of ether oxygens (including phenoxy) is 2. The monoisotopic (exact) mass is 697 g/mol. The van der Waals surface area contributed by atoms with Gasteiger partial charge in [0.15, 0.2) is 6.23 Å². The fourth-order valence-electron chi connectivity index (χ4n) is 6.39. The Morgan fingerprint density at radius 2 is 1.96 bits per heavy atom. The van der Waals surface area contributed by atoms with Crippen molar-refractivity contribution in [3.63, 3.8) is 0 Å². The third-order valence-electron chi connectivity index (χ3n) is 9.26. The molecule has 0 aliphatic carbocycles. The van der Waals surface area contributed by atoms with E-state index in [2.05, 4.69) is 36.0 Å². The van der Waals surface area contributed by atoms with Gasteiger partial charge in [0.1, 0.15) is 18.2 Å². The Kier molecular flexibility index (Phi) is 8.92. The Balaban J connectivity index is 0.960. The van der Waals surface area contributed by atoms with Gasteiger partial charge >= 0.3 is 0 Å². The van der Waals surface area contributed by atoms with Crippen molar-refractivity contribution in [3.05, 3.63) is 118 Å². The van der Waals surface area contributed by atoms with Gasteiger partial charge in [-0.05, 0) is 66.9 Å². The molecule has 13 heteroatoms. The molecule has 3 aromatic heterocycles. The number of hydrogen-bond acceptors (Lipinski definition) is 8. The van der Waals surface area contributed by atoms with Gasteiger partial charge in [0, 0.05) is 47.6 Å². The third-order valence-corrected chi connectivity index (χ3v) is 9.49. The first-order chi connectivity index (χ1) is 24.4. The SMILES string of the molecule is OC(Nc1ccc2c(c1)nc(CN1CC=C(c3cccc(OCc4ccc(Cl)cc4F)n3)CC1)n2C[C@@H]1CCO1)c1ccc2n[nH]c(F)c2c1. The number of H-pyrrole nitrogens is 1. The molecule has 1 saturated heterocycles. The Morgan fingerprint density at radius 1 is 1.06 bits per heavy atom. The summed E-state index contributed by atoms with van der Waals surface area (Å²) in [5.74, 6) is 0.423. The van der Waals surface area contributed by atoms with Gasteiger partial charge in [-0.25, -0.2) is 14.4 Å². The number of anilines is 1. The maximum atomic E-state index is 14.2. The van der Waals surface area contributed by atoms with E-state index in [4.69, 9.17) is 26.1 Å². The Bertz CT molecular complexity index is 2220. The number of aromatic amines is 1. The van der Waals surface area contributed by atoms with Crippen LogP contribution in [0.5, 0.6) is 5.88 Å². The number of imidazole rings is 1. The molecule has 1 fully saturated rings. The summed E-state index contributed by atoms with van der Waals surface area (Å²) in [6, 6.07) is 21.0. The van der Waals surface area contributed by atoms with Crippen LogP contribution < -0.4 is 10.1 Å². The molecule has 0 amide bonds. The predicted octanol–water partition coefficient (Wildman–Crippen LogP) is 7.00. The lowest BCUT2D eigenvalue weighted by molar-refractivity contribution is -0.0591. The molecule has 256 valence electrons. The minimum Gasteiger partial charge on any atom is -0.473 e. The number of fused-ring (bicyclic) bond motifs is 2. The molecule has 3 N–H and O–H groups in total. The molecule has 6 aromatic rings. The summed E-state index contributed by atoms with van der Waals surface area (Å²) in [4.78, 5) is 12.1. The summed E-state index contributed by atoms with van der Waals surface area (Å²) in [5.41, 5.74) is 5.88. The lowest BCUT2D eigenvalue weighted by Gasteiger charge is -2.29. The van der Waals surface area contributed by atoms with Crippen molar-refractivity contribution >= 4 is 44.8 Å². The van der Waals surface area contributed by atoms with Crippen LogP contribution in [0.1, 0.15) is 41.7 Å². The highest BCUT2D eigenvalue weighted by molar-refractivity contribution is 6.30. The van der Waals surface area contributed by atoms with Crippen molar-refractivity contribution in [2.75, 3.05) is 25.0 Å². The van der Waals surface area contributed by atoms with E-state index in [1.165, 1.54) is 6.07 Å². The summed E-state index contributed by atoms with van der Waals surface area (Å²) < 4.78 is 42.1. The maximum absolute atomic E-state index is 14.2. The maximum Gasteiger partial charge on any atom is 0.216 e. The quantitative estimate of drug-likeness (QED) is 0.124. The lowest BCUT2D eigenvalue weighted by Crippen LogP contribution is -2.33. The molecular formula is C37H34ClF2N7O3. The number of aromatic nitrogens is 5. The van der Waals surface area contributed by atoms with Crippen LogP contribution in [0.2, 0.25) is 5.02 Å². The van der Waals surface area contributed by atoms with Crippen LogP contribution in [0.3, 0.4) is 0 Å². The topological polar surface area (TPSA) is 113 Å². The van der Waals surface area contributed by atoms with E-state index < -0.39 is 18.0 Å². The van der Waals surface area contributed by atoms with E-state index in [1.807, 2.05) is 30.3 Å². The van der Waals surface area contributed by atoms with Crippen LogP contribution >= 0.6 is 11.6 Å². The second-order valence-corrected chi connectivity index (χ2v) is 13.0. The van der Waals surface area contributed by atoms with Crippen LogP contribution in [0.15, 0.2) is 78.9 Å². The van der Waals surface area contributed by atoms with E-state index >= 15 is 0 Å². The zero-order chi connectivity index (χ0) is 34.2. The average molecular weight is 698 g/mol. The second kappa shape index (κ2) is 13.8. The summed E-state index contributed by atoms with van der Waals surface area (Å²) >= 11 is 5.87. The first-order valence-corrected chi connectivity index (χ1v) is 16.9. The molecule has 0 spiro atoms. The molecule has 8 rings (SSSR count). The van der Waals surface area contributed by atoms with E-state index in [0.29, 0.717) is 51.7 Å². The number of benzene rings is 3. The zero-order valence-corrected chi connectivity index (χ0v) is 27.7. The molecule has 0 radical (unpaired) electrons. The van der Waals surface area contributed by atoms with Crippen molar-refractivity contribution in [2.45, 2.75) is 44.9 Å². The molecule has 2 atom stereocenters. The number of aliphatic hydroxyl groups excluding tert-OH is 1. The molecule has 1 unspecified atom stereocenters. The minimum absolute atomic E-state index is 0.0564. The van der Waals surface area contributed by atoms with Gasteiger partial charge in [-0.3, -0.25) is 10.00 Å². The van der Waals surface area contributed by atoms with Gasteiger partial charge in [0.25, 0.3) is 0 Å². The van der Waals surface area contributed by atoms with Gasteiger partial charge in [-0.2, -0.15) is 9.49 Å². The molecule has 10 nitrogen and oxygen atoms in total. The normalized spacial score (nSPS) is 17.1. The van der Waals surface area contributed by atoms with Gasteiger partial charge < -0.3 is 24.5 Å². The highest BCUT2D eigenvalue weighted by atomic mass is 35.5. The number of rotatable bonds is 11. The van der Waals surface area contributed by atoms with Crippen LogP contribution in [0, 0.1) is 11.8 Å². The van der Waals surface area contributed by atoms with Crippen molar-refractivity contribution in [2.24, 2.45) is 0 Å². The first kappa shape index (κ1) is 32.3. The number of pyridine rings is 1. The number of nitrogens with zero attached hydrogens (tertiary/aromatic N) is 5. The Labute approximate surface area is 291 Å². The van der Waals surface area contributed by atoms with E-state index in [1.54, 1.807) is 36.4 Å². The smallest absolute Gasteiger partial charge is 0.216 e.